The van der Waals surface area contributed by atoms with Crippen LogP contribution in [0.25, 0.3) is 0 Å². The maximum Gasteiger partial charge on any atom is 0.239 e. The average molecular weight is 445 g/mol. The van der Waals surface area contributed by atoms with Crippen LogP contribution in [0.2, 0.25) is 0 Å². The third-order valence-electron chi connectivity index (χ3n) is 6.39. The molecule has 3 atom stereocenters. The second-order valence-corrected chi connectivity index (χ2v) is 9.39. The number of carbonyl (C=O) groups excluding carboxylic acids is 2. The Kier molecular flexibility index (Phi) is 6.99. The van der Waals surface area contributed by atoms with Crippen LogP contribution in [-0.4, -0.2) is 59.9 Å². The first-order valence-corrected chi connectivity index (χ1v) is 11.7. The molecule has 2 aromatic rings. The van der Waals surface area contributed by atoms with Gasteiger partial charge in [-0.05, 0) is 49.0 Å². The Balaban J connectivity index is 1.33. The van der Waals surface area contributed by atoms with E-state index in [1.54, 1.807) is 23.5 Å². The molecular weight excluding hydrogens is 415 g/mol. The van der Waals surface area contributed by atoms with E-state index in [0.717, 1.165) is 23.4 Å². The molecule has 166 valence electrons. The first kappa shape index (κ1) is 21.9. The molecule has 2 amide bonds. The standard InChI is InChI=1S/C23H29FN4O2S/c1-27-18(8-9-21(29)25-14-19-3-2-12-31-19)13-26-23(30)22-20(27)10-11-28(22)15-16-4-6-17(24)7-5-16/h2-7,12,18,20,22H,8-11,13-15H2,1H3,(H,25,29)(H,26,30). The largest absolute Gasteiger partial charge is 0.353 e. The van der Waals surface area contributed by atoms with E-state index in [1.807, 2.05) is 17.5 Å². The lowest BCUT2D eigenvalue weighted by Crippen LogP contribution is -2.49. The van der Waals surface area contributed by atoms with E-state index < -0.39 is 0 Å². The predicted molar refractivity (Wildman–Crippen MR) is 119 cm³/mol. The lowest BCUT2D eigenvalue weighted by Gasteiger charge is -2.33. The van der Waals surface area contributed by atoms with Gasteiger partial charge in [0, 0.05) is 43.0 Å². The Morgan fingerprint density at radius 2 is 2.10 bits per heavy atom. The fourth-order valence-corrected chi connectivity index (χ4v) is 5.28. The van der Waals surface area contributed by atoms with Crippen LogP contribution in [0.5, 0.6) is 0 Å². The number of carbonyl (C=O) groups is 2. The molecule has 2 N–H and O–H groups in total. The van der Waals surface area contributed by atoms with Crippen molar-refractivity contribution < 1.29 is 14.0 Å². The SMILES string of the molecule is CN1C(CCC(=O)NCc2cccs2)CNC(=O)C2C1CCN2Cc1ccc(F)cc1. The molecule has 0 aliphatic carbocycles. The summed E-state index contributed by atoms with van der Waals surface area (Å²) in [6, 6.07) is 10.5. The molecule has 0 bridgehead atoms. The molecule has 6 nitrogen and oxygen atoms in total. The third kappa shape index (κ3) is 5.31. The number of nitrogens with one attached hydrogen (secondary N) is 2. The molecule has 0 saturated carbocycles. The molecule has 1 aromatic heterocycles. The van der Waals surface area contributed by atoms with Gasteiger partial charge in [0.15, 0.2) is 0 Å². The third-order valence-corrected chi connectivity index (χ3v) is 7.27. The highest BCUT2D eigenvalue weighted by molar-refractivity contribution is 7.09. The van der Waals surface area contributed by atoms with Crippen LogP contribution < -0.4 is 10.6 Å². The van der Waals surface area contributed by atoms with Crippen molar-refractivity contribution >= 4 is 23.2 Å². The van der Waals surface area contributed by atoms with Crippen molar-refractivity contribution in [1.29, 1.82) is 0 Å². The van der Waals surface area contributed by atoms with E-state index in [2.05, 4.69) is 27.5 Å². The number of nitrogens with zero attached hydrogens (tertiary/aromatic N) is 2. The van der Waals surface area contributed by atoms with E-state index >= 15 is 0 Å². The number of rotatable bonds is 7. The van der Waals surface area contributed by atoms with E-state index in [4.69, 9.17) is 0 Å². The summed E-state index contributed by atoms with van der Waals surface area (Å²) in [5.41, 5.74) is 1.00. The minimum Gasteiger partial charge on any atom is -0.353 e. The Morgan fingerprint density at radius 1 is 1.29 bits per heavy atom. The summed E-state index contributed by atoms with van der Waals surface area (Å²) in [6.45, 7) is 2.55. The van der Waals surface area contributed by atoms with Gasteiger partial charge in [-0.15, -0.1) is 11.3 Å². The van der Waals surface area contributed by atoms with Crippen LogP contribution in [-0.2, 0) is 22.7 Å². The molecule has 2 fully saturated rings. The molecule has 31 heavy (non-hydrogen) atoms. The monoisotopic (exact) mass is 444 g/mol. The van der Waals surface area contributed by atoms with Crippen molar-refractivity contribution in [2.24, 2.45) is 0 Å². The average Bonchev–Trinajstić information content (AvgIpc) is 3.41. The number of amides is 2. The number of likely N-dealkylation sites (N-methyl/N-ethyl adjacent to an activating group) is 1. The van der Waals surface area contributed by atoms with Crippen molar-refractivity contribution in [2.75, 3.05) is 20.1 Å². The minimum absolute atomic E-state index is 0.0401. The summed E-state index contributed by atoms with van der Waals surface area (Å²) in [5.74, 6) is -0.170. The summed E-state index contributed by atoms with van der Waals surface area (Å²) in [4.78, 5) is 30.8. The first-order valence-electron chi connectivity index (χ1n) is 10.8. The molecule has 0 radical (unpaired) electrons. The van der Waals surface area contributed by atoms with Crippen LogP contribution in [0.3, 0.4) is 0 Å². The maximum absolute atomic E-state index is 13.2. The lowest BCUT2D eigenvalue weighted by atomic mass is 10.0. The zero-order chi connectivity index (χ0) is 21.8. The molecule has 1 aromatic carbocycles. The Bertz CT molecular complexity index is 889. The number of benzene rings is 1. The highest BCUT2D eigenvalue weighted by atomic mass is 32.1. The number of likely N-dealkylation sites (tertiary alicyclic amines) is 1. The summed E-state index contributed by atoms with van der Waals surface area (Å²) >= 11 is 1.63. The van der Waals surface area contributed by atoms with Crippen molar-refractivity contribution in [3.05, 3.63) is 58.0 Å². The van der Waals surface area contributed by atoms with Gasteiger partial charge in [-0.2, -0.15) is 0 Å². The molecule has 8 heteroatoms. The van der Waals surface area contributed by atoms with E-state index in [-0.39, 0.29) is 35.8 Å². The Labute approximate surface area is 186 Å². The van der Waals surface area contributed by atoms with E-state index in [0.29, 0.717) is 32.5 Å². The molecular formula is C23H29FN4O2S. The summed E-state index contributed by atoms with van der Waals surface area (Å²) in [7, 11) is 2.06. The summed E-state index contributed by atoms with van der Waals surface area (Å²) < 4.78 is 13.2. The molecule has 2 aliphatic rings. The van der Waals surface area contributed by atoms with Gasteiger partial charge in [0.2, 0.25) is 11.8 Å². The van der Waals surface area contributed by atoms with Gasteiger partial charge in [0.25, 0.3) is 0 Å². The molecule has 0 spiro atoms. The predicted octanol–water partition coefficient (Wildman–Crippen LogP) is 2.36. The van der Waals surface area contributed by atoms with Crippen LogP contribution in [0.15, 0.2) is 41.8 Å². The number of hydrogen-bond donors (Lipinski definition) is 2. The van der Waals surface area contributed by atoms with Gasteiger partial charge >= 0.3 is 0 Å². The summed E-state index contributed by atoms with van der Waals surface area (Å²) in [6.07, 6.45) is 2.04. The zero-order valence-corrected chi connectivity index (χ0v) is 18.5. The second-order valence-electron chi connectivity index (χ2n) is 8.36. The van der Waals surface area contributed by atoms with Crippen molar-refractivity contribution in [3.63, 3.8) is 0 Å². The number of fused-ring (bicyclic) bond motifs is 1. The first-order chi connectivity index (χ1) is 15.0. The normalized spacial score (nSPS) is 24.5. The highest BCUT2D eigenvalue weighted by Crippen LogP contribution is 2.28. The Morgan fingerprint density at radius 3 is 2.84 bits per heavy atom. The smallest absolute Gasteiger partial charge is 0.239 e. The number of thiophene rings is 1. The van der Waals surface area contributed by atoms with Gasteiger partial charge < -0.3 is 10.6 Å². The number of hydrogen-bond acceptors (Lipinski definition) is 5. The van der Waals surface area contributed by atoms with Crippen molar-refractivity contribution in [3.8, 4) is 0 Å². The molecule has 2 saturated heterocycles. The molecule has 2 aliphatic heterocycles. The highest BCUT2D eigenvalue weighted by Gasteiger charge is 2.44. The topological polar surface area (TPSA) is 64.7 Å². The van der Waals surface area contributed by atoms with Gasteiger partial charge in [0.1, 0.15) is 11.9 Å². The fraction of sp³-hybridized carbons (Fsp3) is 0.478. The van der Waals surface area contributed by atoms with Crippen LogP contribution in [0.1, 0.15) is 29.7 Å². The van der Waals surface area contributed by atoms with Crippen LogP contribution in [0, 0.1) is 5.82 Å². The van der Waals surface area contributed by atoms with Gasteiger partial charge in [0.05, 0.1) is 6.54 Å². The number of halogens is 1. The second kappa shape index (κ2) is 9.89. The van der Waals surface area contributed by atoms with E-state index in [9.17, 15) is 14.0 Å². The van der Waals surface area contributed by atoms with Gasteiger partial charge in [-0.1, -0.05) is 18.2 Å². The maximum atomic E-state index is 13.2. The summed E-state index contributed by atoms with van der Waals surface area (Å²) in [5, 5.41) is 8.07. The molecule has 4 rings (SSSR count). The minimum atomic E-state index is -0.253. The Hall–Kier alpha value is -2.29. The quantitative estimate of drug-likeness (QED) is 0.688. The molecule has 3 heterocycles. The van der Waals surface area contributed by atoms with Crippen LogP contribution >= 0.6 is 11.3 Å². The lowest BCUT2D eigenvalue weighted by molar-refractivity contribution is -0.126. The van der Waals surface area contributed by atoms with Gasteiger partial charge in [-0.25, -0.2) is 4.39 Å². The van der Waals surface area contributed by atoms with E-state index in [1.165, 1.54) is 12.1 Å². The van der Waals surface area contributed by atoms with Crippen molar-refractivity contribution in [1.82, 2.24) is 20.4 Å². The zero-order valence-electron chi connectivity index (χ0n) is 17.7. The van der Waals surface area contributed by atoms with Gasteiger partial charge in [-0.3, -0.25) is 19.4 Å². The molecule has 3 unspecified atom stereocenters. The fourth-order valence-electron chi connectivity index (χ4n) is 4.64. The van der Waals surface area contributed by atoms with Crippen molar-refractivity contribution in [2.45, 2.75) is 50.5 Å². The van der Waals surface area contributed by atoms with Crippen LogP contribution in [0.4, 0.5) is 4.39 Å².